The lowest BCUT2D eigenvalue weighted by atomic mass is 10.3. The van der Waals surface area contributed by atoms with E-state index in [1.807, 2.05) is 0 Å². The number of para-hydroxylation sites is 1. The minimum atomic E-state index is -0.729. The molecule has 0 aliphatic carbocycles. The normalized spacial score (nSPS) is 10.6. The topological polar surface area (TPSA) is 95.2 Å². The maximum Gasteiger partial charge on any atom is 0.314 e. The third-order valence-electron chi connectivity index (χ3n) is 2.07. The van der Waals surface area contributed by atoms with Gasteiger partial charge < -0.3 is 19.8 Å². The molecule has 1 aromatic heterocycles. The second-order valence-corrected chi connectivity index (χ2v) is 3.16. The van der Waals surface area contributed by atoms with Crippen molar-refractivity contribution in [1.82, 2.24) is 9.97 Å². The minimum absolute atomic E-state index is 0.121. The molecule has 16 heavy (non-hydrogen) atoms. The summed E-state index contributed by atoms with van der Waals surface area (Å²) in [6, 6.07) is 4.98. The standard InChI is InChI=1S/C10H10N2O4/c13-4-5-16-7-3-1-2-6-8(7)12-10(15)9(14)11-6/h1-3,13H,4-5H2,(H,11,14)(H,12,15). The second-order valence-electron chi connectivity index (χ2n) is 3.16. The van der Waals surface area contributed by atoms with E-state index in [1.165, 1.54) is 0 Å². The van der Waals surface area contributed by atoms with Gasteiger partial charge in [0.25, 0.3) is 0 Å². The third-order valence-corrected chi connectivity index (χ3v) is 2.07. The van der Waals surface area contributed by atoms with Crippen LogP contribution in [0.2, 0.25) is 0 Å². The number of benzene rings is 1. The summed E-state index contributed by atoms with van der Waals surface area (Å²) < 4.78 is 5.22. The average Bonchev–Trinajstić information content (AvgIpc) is 2.28. The predicted octanol–water partition coefficient (Wildman–Crippen LogP) is -0.413. The number of aliphatic hydroxyl groups excluding tert-OH is 1. The summed E-state index contributed by atoms with van der Waals surface area (Å²) in [6.07, 6.45) is 0. The highest BCUT2D eigenvalue weighted by Gasteiger charge is 2.04. The molecule has 6 heteroatoms. The molecule has 2 aromatic rings. The van der Waals surface area contributed by atoms with Crippen molar-refractivity contribution in [3.05, 3.63) is 38.9 Å². The number of ether oxygens (including phenoxy) is 1. The zero-order valence-corrected chi connectivity index (χ0v) is 8.32. The van der Waals surface area contributed by atoms with Gasteiger partial charge in [-0.1, -0.05) is 6.07 Å². The molecule has 2 rings (SSSR count). The van der Waals surface area contributed by atoms with Gasteiger partial charge in [0, 0.05) is 0 Å². The summed E-state index contributed by atoms with van der Waals surface area (Å²) in [5, 5.41) is 8.64. The number of aliphatic hydroxyl groups is 1. The molecule has 0 radical (unpaired) electrons. The molecule has 0 unspecified atom stereocenters. The van der Waals surface area contributed by atoms with Gasteiger partial charge in [0.15, 0.2) is 0 Å². The SMILES string of the molecule is O=c1[nH]c2cccc(OCCO)c2[nH]c1=O. The van der Waals surface area contributed by atoms with Crippen molar-refractivity contribution < 1.29 is 9.84 Å². The lowest BCUT2D eigenvalue weighted by molar-refractivity contribution is 0.202. The molecule has 0 aliphatic heterocycles. The van der Waals surface area contributed by atoms with Crippen LogP contribution in [0.15, 0.2) is 27.8 Å². The Morgan fingerprint density at radius 3 is 2.69 bits per heavy atom. The van der Waals surface area contributed by atoms with E-state index in [4.69, 9.17) is 9.84 Å². The quantitative estimate of drug-likeness (QED) is 0.615. The molecule has 0 saturated heterocycles. The van der Waals surface area contributed by atoms with Crippen molar-refractivity contribution in [3.63, 3.8) is 0 Å². The van der Waals surface area contributed by atoms with E-state index in [-0.39, 0.29) is 13.2 Å². The summed E-state index contributed by atoms with van der Waals surface area (Å²) in [7, 11) is 0. The van der Waals surface area contributed by atoms with Crippen LogP contribution in [-0.2, 0) is 0 Å². The minimum Gasteiger partial charge on any atom is -0.489 e. The fourth-order valence-corrected chi connectivity index (χ4v) is 1.39. The first-order chi connectivity index (χ1) is 7.72. The molecule has 84 valence electrons. The third kappa shape index (κ3) is 1.82. The Kier molecular flexibility index (Phi) is 2.74. The van der Waals surface area contributed by atoms with Crippen molar-refractivity contribution >= 4 is 11.0 Å². The highest BCUT2D eigenvalue weighted by molar-refractivity contribution is 5.80. The Balaban J connectivity index is 2.62. The Hall–Kier alpha value is -2.08. The van der Waals surface area contributed by atoms with E-state index < -0.39 is 11.1 Å². The molecule has 0 amide bonds. The van der Waals surface area contributed by atoms with Crippen molar-refractivity contribution in [1.29, 1.82) is 0 Å². The average molecular weight is 222 g/mol. The highest BCUT2D eigenvalue weighted by atomic mass is 16.5. The first-order valence-corrected chi connectivity index (χ1v) is 4.71. The van der Waals surface area contributed by atoms with Gasteiger partial charge in [-0.2, -0.15) is 0 Å². The maximum atomic E-state index is 11.2. The Morgan fingerprint density at radius 1 is 1.19 bits per heavy atom. The molecule has 0 atom stereocenters. The zero-order valence-electron chi connectivity index (χ0n) is 8.32. The molecular weight excluding hydrogens is 212 g/mol. The zero-order chi connectivity index (χ0) is 11.5. The number of hydrogen-bond donors (Lipinski definition) is 3. The first kappa shape index (κ1) is 10.4. The second kappa shape index (κ2) is 4.19. The van der Waals surface area contributed by atoms with Gasteiger partial charge in [-0.05, 0) is 12.1 Å². The molecule has 1 heterocycles. The van der Waals surface area contributed by atoms with Gasteiger partial charge in [-0.15, -0.1) is 0 Å². The van der Waals surface area contributed by atoms with E-state index >= 15 is 0 Å². The lowest BCUT2D eigenvalue weighted by Gasteiger charge is -2.06. The number of rotatable bonds is 3. The van der Waals surface area contributed by atoms with Crippen molar-refractivity contribution in [2.75, 3.05) is 13.2 Å². The maximum absolute atomic E-state index is 11.2. The number of aromatic amines is 2. The van der Waals surface area contributed by atoms with Gasteiger partial charge in [-0.3, -0.25) is 9.59 Å². The molecule has 0 fully saturated rings. The van der Waals surface area contributed by atoms with Gasteiger partial charge >= 0.3 is 11.1 Å². The van der Waals surface area contributed by atoms with Crippen molar-refractivity contribution in [3.8, 4) is 5.75 Å². The van der Waals surface area contributed by atoms with E-state index in [1.54, 1.807) is 18.2 Å². The van der Waals surface area contributed by atoms with E-state index in [0.717, 1.165) is 0 Å². The van der Waals surface area contributed by atoms with E-state index in [9.17, 15) is 9.59 Å². The largest absolute Gasteiger partial charge is 0.489 e. The number of aromatic nitrogens is 2. The van der Waals surface area contributed by atoms with E-state index in [0.29, 0.717) is 16.8 Å². The monoisotopic (exact) mass is 222 g/mol. The van der Waals surface area contributed by atoms with Gasteiger partial charge in [0.1, 0.15) is 17.9 Å². The van der Waals surface area contributed by atoms with Crippen LogP contribution in [0.4, 0.5) is 0 Å². The Morgan fingerprint density at radius 2 is 1.94 bits per heavy atom. The smallest absolute Gasteiger partial charge is 0.314 e. The molecule has 0 saturated carbocycles. The van der Waals surface area contributed by atoms with Crippen LogP contribution in [0.25, 0.3) is 11.0 Å². The molecule has 1 aromatic carbocycles. The number of hydrogen-bond acceptors (Lipinski definition) is 4. The van der Waals surface area contributed by atoms with Gasteiger partial charge in [0.05, 0.1) is 12.1 Å². The molecule has 6 nitrogen and oxygen atoms in total. The first-order valence-electron chi connectivity index (χ1n) is 4.71. The fraction of sp³-hybridized carbons (Fsp3) is 0.200. The van der Waals surface area contributed by atoms with E-state index in [2.05, 4.69) is 9.97 Å². The summed E-state index contributed by atoms with van der Waals surface area (Å²) in [5.41, 5.74) is -0.528. The Labute approximate surface area is 89.5 Å². The molecular formula is C10H10N2O4. The van der Waals surface area contributed by atoms with Crippen molar-refractivity contribution in [2.24, 2.45) is 0 Å². The summed E-state index contributed by atoms with van der Waals surface area (Å²) in [4.78, 5) is 27.1. The predicted molar refractivity (Wildman–Crippen MR) is 57.8 cm³/mol. The van der Waals surface area contributed by atoms with Crippen molar-refractivity contribution in [2.45, 2.75) is 0 Å². The van der Waals surface area contributed by atoms with Crippen LogP contribution in [0.3, 0.4) is 0 Å². The lowest BCUT2D eigenvalue weighted by Crippen LogP contribution is -2.29. The van der Waals surface area contributed by atoms with Crippen LogP contribution < -0.4 is 15.9 Å². The Bertz CT molecular complexity index is 614. The molecule has 0 bridgehead atoms. The number of H-pyrrole nitrogens is 2. The molecule has 0 aliphatic rings. The van der Waals surface area contributed by atoms with Crippen LogP contribution in [0, 0.1) is 0 Å². The van der Waals surface area contributed by atoms with Gasteiger partial charge in [0.2, 0.25) is 0 Å². The molecule has 3 N–H and O–H groups in total. The summed E-state index contributed by atoms with van der Waals surface area (Å²) >= 11 is 0. The van der Waals surface area contributed by atoms with Crippen LogP contribution in [0.5, 0.6) is 5.75 Å². The van der Waals surface area contributed by atoms with Crippen LogP contribution in [-0.4, -0.2) is 28.3 Å². The van der Waals surface area contributed by atoms with Gasteiger partial charge in [-0.25, -0.2) is 0 Å². The summed E-state index contributed by atoms with van der Waals surface area (Å²) in [6.45, 7) is 0.00421. The van der Waals surface area contributed by atoms with Crippen LogP contribution in [0.1, 0.15) is 0 Å². The number of nitrogens with one attached hydrogen (secondary N) is 2. The highest BCUT2D eigenvalue weighted by Crippen LogP contribution is 2.19. The number of fused-ring (bicyclic) bond motifs is 1. The fourth-order valence-electron chi connectivity index (χ4n) is 1.39. The summed E-state index contributed by atoms with van der Waals surface area (Å²) in [5.74, 6) is 0.417. The van der Waals surface area contributed by atoms with Crippen LogP contribution >= 0.6 is 0 Å². The molecule has 0 spiro atoms.